The van der Waals surface area contributed by atoms with E-state index in [9.17, 15) is 4.79 Å². The van der Waals surface area contributed by atoms with Crippen LogP contribution in [0.3, 0.4) is 0 Å². The van der Waals surface area contributed by atoms with Gasteiger partial charge in [0.1, 0.15) is 0 Å². The summed E-state index contributed by atoms with van der Waals surface area (Å²) in [6.45, 7) is 0. The average molecular weight is 211 g/mol. The van der Waals surface area contributed by atoms with Crippen LogP contribution in [0.2, 0.25) is 0 Å². The van der Waals surface area contributed by atoms with Crippen LogP contribution >= 0.6 is 0 Å². The minimum Gasteiger partial charge on any atom is -0.331 e. The zero-order valence-electron chi connectivity index (χ0n) is 8.71. The zero-order chi connectivity index (χ0) is 11.5. The number of aryl methyl sites for hydroxylation is 1. The zero-order valence-corrected chi connectivity index (χ0v) is 8.71. The molecule has 0 radical (unpaired) electrons. The molecule has 2 rings (SSSR count). The number of imidazole rings is 1. The molecule has 0 fully saturated rings. The number of hydrogen-bond donors (Lipinski definition) is 0. The molecule has 2 aromatic rings. The molecule has 0 spiro atoms. The van der Waals surface area contributed by atoms with Gasteiger partial charge in [0.2, 0.25) is 5.78 Å². The number of nitriles is 1. The molecule has 1 aromatic carbocycles. The Balaban J connectivity index is 2.35. The summed E-state index contributed by atoms with van der Waals surface area (Å²) in [5.74, 6) is 0.252. The Hall–Kier alpha value is -2.41. The highest BCUT2D eigenvalue weighted by Crippen LogP contribution is 2.08. The molecular weight excluding hydrogens is 202 g/mol. The summed E-state index contributed by atoms with van der Waals surface area (Å²) in [5.41, 5.74) is 1.07. The molecule has 4 heteroatoms. The van der Waals surface area contributed by atoms with Crippen LogP contribution in [0.4, 0.5) is 0 Å². The van der Waals surface area contributed by atoms with E-state index in [0.29, 0.717) is 17.0 Å². The molecule has 0 aliphatic rings. The first-order valence-electron chi connectivity index (χ1n) is 4.74. The third-order valence-electron chi connectivity index (χ3n) is 2.30. The lowest BCUT2D eigenvalue weighted by Gasteiger charge is -2.00. The Morgan fingerprint density at radius 1 is 1.38 bits per heavy atom. The largest absolute Gasteiger partial charge is 0.331 e. The van der Waals surface area contributed by atoms with Crippen molar-refractivity contribution in [1.29, 1.82) is 5.26 Å². The highest BCUT2D eigenvalue weighted by atomic mass is 16.1. The van der Waals surface area contributed by atoms with Crippen molar-refractivity contribution in [2.24, 2.45) is 7.05 Å². The van der Waals surface area contributed by atoms with E-state index >= 15 is 0 Å². The van der Waals surface area contributed by atoms with Gasteiger partial charge in [0.15, 0.2) is 5.82 Å². The van der Waals surface area contributed by atoms with E-state index in [4.69, 9.17) is 5.26 Å². The van der Waals surface area contributed by atoms with Gasteiger partial charge in [-0.25, -0.2) is 4.98 Å². The van der Waals surface area contributed by atoms with Crippen LogP contribution in [0.25, 0.3) is 0 Å². The third kappa shape index (κ3) is 1.71. The number of hydrogen-bond acceptors (Lipinski definition) is 3. The molecule has 0 bridgehead atoms. The summed E-state index contributed by atoms with van der Waals surface area (Å²) in [6.07, 6.45) is 3.30. The number of nitrogens with zero attached hydrogens (tertiary/aromatic N) is 3. The molecule has 16 heavy (non-hydrogen) atoms. The number of aromatic nitrogens is 2. The van der Waals surface area contributed by atoms with Gasteiger partial charge in [-0.3, -0.25) is 4.79 Å². The molecular formula is C12H9N3O. The van der Waals surface area contributed by atoms with Crippen LogP contribution < -0.4 is 0 Å². The van der Waals surface area contributed by atoms with Gasteiger partial charge in [0.05, 0.1) is 11.6 Å². The second-order valence-corrected chi connectivity index (χ2v) is 3.38. The molecule has 0 unspecified atom stereocenters. The van der Waals surface area contributed by atoms with Crippen LogP contribution in [-0.4, -0.2) is 15.3 Å². The van der Waals surface area contributed by atoms with Crippen molar-refractivity contribution in [3.8, 4) is 6.07 Å². The summed E-state index contributed by atoms with van der Waals surface area (Å²) < 4.78 is 1.67. The Morgan fingerprint density at radius 3 is 2.56 bits per heavy atom. The van der Waals surface area contributed by atoms with Gasteiger partial charge in [-0.15, -0.1) is 0 Å². The fraction of sp³-hybridized carbons (Fsp3) is 0.0833. The van der Waals surface area contributed by atoms with Crippen LogP contribution in [0.15, 0.2) is 36.7 Å². The number of carbonyl (C=O) groups excluding carboxylic acids is 1. The maximum absolute atomic E-state index is 12.0. The lowest BCUT2D eigenvalue weighted by molar-refractivity contribution is 0.102. The van der Waals surface area contributed by atoms with Gasteiger partial charge >= 0.3 is 0 Å². The number of ketones is 1. The van der Waals surface area contributed by atoms with E-state index < -0.39 is 0 Å². The summed E-state index contributed by atoms with van der Waals surface area (Å²) in [4.78, 5) is 15.9. The fourth-order valence-electron chi connectivity index (χ4n) is 1.41. The first-order chi connectivity index (χ1) is 7.72. The van der Waals surface area contributed by atoms with Crippen molar-refractivity contribution >= 4 is 5.78 Å². The third-order valence-corrected chi connectivity index (χ3v) is 2.30. The normalized spacial score (nSPS) is 9.75. The molecule has 0 saturated heterocycles. The number of rotatable bonds is 2. The molecule has 4 nitrogen and oxygen atoms in total. The van der Waals surface area contributed by atoms with Crippen LogP contribution in [0.5, 0.6) is 0 Å². The van der Waals surface area contributed by atoms with E-state index in [1.54, 1.807) is 48.3 Å². The summed E-state index contributed by atoms with van der Waals surface area (Å²) >= 11 is 0. The van der Waals surface area contributed by atoms with Crippen LogP contribution in [0, 0.1) is 11.3 Å². The maximum Gasteiger partial charge on any atom is 0.228 e. The van der Waals surface area contributed by atoms with Crippen molar-refractivity contribution in [2.45, 2.75) is 0 Å². The SMILES string of the molecule is Cn1ccnc1C(=O)c1ccc(C#N)cc1. The van der Waals surface area contributed by atoms with E-state index in [1.807, 2.05) is 6.07 Å². The van der Waals surface area contributed by atoms with Crippen LogP contribution in [0.1, 0.15) is 21.7 Å². The van der Waals surface area contributed by atoms with E-state index in [0.717, 1.165) is 0 Å². The quantitative estimate of drug-likeness (QED) is 0.707. The second kappa shape index (κ2) is 3.99. The average Bonchev–Trinajstić information content (AvgIpc) is 2.75. The summed E-state index contributed by atoms with van der Waals surface area (Å²) in [7, 11) is 1.77. The first-order valence-corrected chi connectivity index (χ1v) is 4.74. The molecule has 0 saturated carbocycles. The molecule has 1 heterocycles. The van der Waals surface area contributed by atoms with Crippen molar-refractivity contribution in [3.05, 3.63) is 53.6 Å². The topological polar surface area (TPSA) is 58.7 Å². The van der Waals surface area contributed by atoms with Crippen molar-refractivity contribution in [3.63, 3.8) is 0 Å². The molecule has 0 N–H and O–H groups in total. The van der Waals surface area contributed by atoms with E-state index in [2.05, 4.69) is 4.98 Å². The lowest BCUT2D eigenvalue weighted by atomic mass is 10.1. The highest BCUT2D eigenvalue weighted by Gasteiger charge is 2.12. The monoisotopic (exact) mass is 211 g/mol. The minimum absolute atomic E-state index is 0.142. The molecule has 0 aliphatic carbocycles. The minimum atomic E-state index is -0.142. The summed E-state index contributed by atoms with van der Waals surface area (Å²) in [5, 5.41) is 8.64. The molecule has 1 aromatic heterocycles. The molecule has 0 aliphatic heterocycles. The van der Waals surface area contributed by atoms with E-state index in [-0.39, 0.29) is 5.78 Å². The number of benzene rings is 1. The van der Waals surface area contributed by atoms with Crippen LogP contribution in [-0.2, 0) is 7.05 Å². The Morgan fingerprint density at radius 2 is 2.06 bits per heavy atom. The lowest BCUT2D eigenvalue weighted by Crippen LogP contribution is -2.08. The first kappa shape index (κ1) is 10.1. The molecule has 78 valence electrons. The number of carbonyl (C=O) groups is 1. The van der Waals surface area contributed by atoms with Gasteiger partial charge in [-0.05, 0) is 24.3 Å². The van der Waals surface area contributed by atoms with Gasteiger partial charge in [-0.2, -0.15) is 5.26 Å². The van der Waals surface area contributed by atoms with Crippen molar-refractivity contribution in [1.82, 2.24) is 9.55 Å². The molecule has 0 atom stereocenters. The van der Waals surface area contributed by atoms with Gasteiger partial charge in [-0.1, -0.05) is 0 Å². The summed E-state index contributed by atoms with van der Waals surface area (Å²) in [6, 6.07) is 8.52. The Bertz CT molecular complexity index is 561. The predicted molar refractivity (Wildman–Crippen MR) is 57.8 cm³/mol. The Labute approximate surface area is 92.8 Å². The van der Waals surface area contributed by atoms with E-state index in [1.165, 1.54) is 0 Å². The van der Waals surface area contributed by atoms with Crippen molar-refractivity contribution < 1.29 is 4.79 Å². The van der Waals surface area contributed by atoms with Crippen molar-refractivity contribution in [2.75, 3.05) is 0 Å². The smallest absolute Gasteiger partial charge is 0.228 e. The maximum atomic E-state index is 12.0. The van der Waals surface area contributed by atoms with Gasteiger partial charge in [0.25, 0.3) is 0 Å². The fourth-order valence-corrected chi connectivity index (χ4v) is 1.41. The predicted octanol–water partition coefficient (Wildman–Crippen LogP) is 1.52. The highest BCUT2D eigenvalue weighted by molar-refractivity contribution is 6.06. The van der Waals surface area contributed by atoms with Gasteiger partial charge in [0, 0.05) is 25.0 Å². The standard InChI is InChI=1S/C12H9N3O/c1-15-7-6-14-12(15)11(16)10-4-2-9(8-13)3-5-10/h2-7H,1H3. The van der Waals surface area contributed by atoms with Gasteiger partial charge < -0.3 is 4.57 Å². The Kier molecular flexibility index (Phi) is 2.52. The molecule has 0 amide bonds. The second-order valence-electron chi connectivity index (χ2n) is 3.38.